The average Bonchev–Trinajstić information content (AvgIpc) is 3.10. The molecule has 3 aromatic rings. The molecular formula is C28H27F4N3O3. The Balaban J connectivity index is 1.53. The van der Waals surface area contributed by atoms with Crippen molar-refractivity contribution in [3.63, 3.8) is 0 Å². The van der Waals surface area contributed by atoms with E-state index in [9.17, 15) is 22.4 Å². The number of hydrogen-bond donors (Lipinski definition) is 0. The normalized spacial score (nSPS) is 19.4. The summed E-state index contributed by atoms with van der Waals surface area (Å²) in [6, 6.07) is 11.1. The van der Waals surface area contributed by atoms with E-state index in [0.717, 1.165) is 54.2 Å². The maximum Gasteiger partial charge on any atom is 0.416 e. The fourth-order valence-electron chi connectivity index (χ4n) is 5.02. The van der Waals surface area contributed by atoms with Gasteiger partial charge in [-0.1, -0.05) is 18.2 Å². The number of rotatable bonds is 6. The van der Waals surface area contributed by atoms with Gasteiger partial charge in [0.15, 0.2) is 0 Å². The molecule has 0 spiro atoms. The van der Waals surface area contributed by atoms with Gasteiger partial charge in [0.1, 0.15) is 23.5 Å². The van der Waals surface area contributed by atoms with E-state index in [-0.39, 0.29) is 12.1 Å². The number of para-hydroxylation sites is 1. The van der Waals surface area contributed by atoms with Gasteiger partial charge in [0.05, 0.1) is 31.0 Å². The molecule has 38 heavy (non-hydrogen) atoms. The summed E-state index contributed by atoms with van der Waals surface area (Å²) in [6.45, 7) is 5.45. The summed E-state index contributed by atoms with van der Waals surface area (Å²) in [6.07, 6.45) is -5.45. The molecule has 2 aromatic carbocycles. The average molecular weight is 530 g/mol. The van der Waals surface area contributed by atoms with Crippen LogP contribution in [0.3, 0.4) is 0 Å². The van der Waals surface area contributed by atoms with Crippen molar-refractivity contribution in [2.45, 2.75) is 45.1 Å². The van der Waals surface area contributed by atoms with Crippen molar-refractivity contribution >= 4 is 11.9 Å². The first kappa shape index (κ1) is 25.8. The van der Waals surface area contributed by atoms with Gasteiger partial charge in [-0.05, 0) is 61.7 Å². The maximum atomic E-state index is 14.1. The Bertz CT molecular complexity index is 1370. The number of pyridine rings is 1. The number of anilines is 1. The van der Waals surface area contributed by atoms with Gasteiger partial charge < -0.3 is 14.4 Å². The van der Waals surface area contributed by atoms with E-state index in [1.54, 1.807) is 14.0 Å². The van der Waals surface area contributed by atoms with Gasteiger partial charge in [0.25, 0.3) is 0 Å². The van der Waals surface area contributed by atoms with Gasteiger partial charge in [0, 0.05) is 24.2 Å². The topological polar surface area (TPSA) is 54.9 Å². The Labute approximate surface area is 217 Å². The molecule has 0 bridgehead atoms. The number of amides is 1. The summed E-state index contributed by atoms with van der Waals surface area (Å²) < 4.78 is 65.1. The molecule has 3 heterocycles. The number of cyclic esters (lactones) is 1. The maximum absolute atomic E-state index is 14.1. The van der Waals surface area contributed by atoms with Crippen LogP contribution in [0.1, 0.15) is 41.8 Å². The Morgan fingerprint density at radius 2 is 1.87 bits per heavy atom. The molecule has 0 unspecified atom stereocenters. The molecule has 10 heteroatoms. The quantitative estimate of drug-likeness (QED) is 0.341. The van der Waals surface area contributed by atoms with E-state index in [4.69, 9.17) is 14.5 Å². The van der Waals surface area contributed by atoms with E-state index >= 15 is 0 Å². The molecule has 2 aliphatic heterocycles. The highest BCUT2D eigenvalue weighted by atomic mass is 19.4. The molecule has 5 rings (SSSR count). The van der Waals surface area contributed by atoms with Gasteiger partial charge in [-0.25, -0.2) is 14.2 Å². The number of aryl methyl sites for hydroxylation is 1. The zero-order valence-electron chi connectivity index (χ0n) is 21.2. The molecule has 200 valence electrons. The first-order chi connectivity index (χ1) is 18.1. The van der Waals surface area contributed by atoms with E-state index < -0.39 is 35.8 Å². The lowest BCUT2D eigenvalue weighted by Crippen LogP contribution is -2.38. The fraction of sp³-hybridized carbons (Fsp3) is 0.357. The number of hydrogen-bond acceptors (Lipinski definition) is 5. The lowest BCUT2D eigenvalue weighted by molar-refractivity contribution is -0.137. The Morgan fingerprint density at radius 3 is 2.53 bits per heavy atom. The zero-order valence-corrected chi connectivity index (χ0v) is 21.2. The summed E-state index contributed by atoms with van der Waals surface area (Å²) in [5, 5.41) is 0. The molecule has 1 amide bonds. The van der Waals surface area contributed by atoms with Crippen LogP contribution in [0.25, 0.3) is 11.1 Å². The number of halogens is 4. The second-order valence-electron chi connectivity index (χ2n) is 9.60. The van der Waals surface area contributed by atoms with Crippen molar-refractivity contribution < 1.29 is 31.8 Å². The van der Waals surface area contributed by atoms with Crippen molar-refractivity contribution in [3.05, 3.63) is 76.7 Å². The van der Waals surface area contributed by atoms with E-state index in [1.807, 2.05) is 37.3 Å². The Kier molecular flexibility index (Phi) is 6.66. The summed E-state index contributed by atoms with van der Waals surface area (Å²) in [5.41, 5.74) is 1.98. The van der Waals surface area contributed by atoms with Gasteiger partial charge in [-0.2, -0.15) is 13.2 Å². The van der Waals surface area contributed by atoms with Gasteiger partial charge in [-0.15, -0.1) is 0 Å². The number of nitrogens with zero attached hydrogens (tertiary/aromatic N) is 3. The summed E-state index contributed by atoms with van der Waals surface area (Å²) in [5.74, 6) is 0.387. The predicted molar refractivity (Wildman–Crippen MR) is 133 cm³/mol. The van der Waals surface area contributed by atoms with Gasteiger partial charge in [-0.3, -0.25) is 4.90 Å². The predicted octanol–water partition coefficient (Wildman–Crippen LogP) is 6.52. The molecule has 2 fully saturated rings. The fourth-order valence-corrected chi connectivity index (χ4v) is 5.02. The summed E-state index contributed by atoms with van der Waals surface area (Å²) in [7, 11) is 1.58. The third kappa shape index (κ3) is 4.75. The Morgan fingerprint density at radius 1 is 1.13 bits per heavy atom. The van der Waals surface area contributed by atoms with Gasteiger partial charge in [0.2, 0.25) is 0 Å². The molecular weight excluding hydrogens is 502 g/mol. The number of benzene rings is 2. The highest BCUT2D eigenvalue weighted by Crippen LogP contribution is 2.40. The van der Waals surface area contributed by atoms with Crippen LogP contribution in [0.4, 0.5) is 28.2 Å². The number of ether oxygens (including phenoxy) is 2. The van der Waals surface area contributed by atoms with E-state index in [2.05, 4.69) is 4.90 Å². The SMILES string of the molecule is COc1ccccc1-c1c(C)cc(N2CCC2)nc1CN1C(=O)O[C@H](c2cc(F)cc(C(F)(F)F)c2)[C@@H]1C. The second kappa shape index (κ2) is 9.81. The number of alkyl halides is 3. The van der Waals surface area contributed by atoms with Crippen LogP contribution in [0.5, 0.6) is 5.75 Å². The molecule has 0 N–H and O–H groups in total. The van der Waals surface area contributed by atoms with Crippen LogP contribution in [0.2, 0.25) is 0 Å². The minimum atomic E-state index is -4.73. The zero-order chi connectivity index (χ0) is 27.2. The summed E-state index contributed by atoms with van der Waals surface area (Å²) >= 11 is 0. The van der Waals surface area contributed by atoms with E-state index in [1.165, 1.54) is 4.90 Å². The standard InChI is InChI=1S/C28H27F4N3O3/c1-16-11-24(34-9-6-10-34)33-22(25(16)21-7-4-5-8-23(21)37-3)15-35-17(2)26(38-27(35)36)18-12-19(28(30,31)32)14-20(29)13-18/h4-5,7-8,11-14,17,26H,6,9-10,15H2,1-3H3/t17-,26-/m0/s1. The van der Waals surface area contributed by atoms with Crippen LogP contribution in [0.15, 0.2) is 48.5 Å². The lowest BCUT2D eigenvalue weighted by Gasteiger charge is -2.33. The number of methoxy groups -OCH3 is 1. The third-order valence-corrected chi connectivity index (χ3v) is 7.12. The van der Waals surface area contributed by atoms with Crippen LogP contribution in [-0.4, -0.2) is 42.2 Å². The number of aromatic nitrogens is 1. The molecule has 2 saturated heterocycles. The van der Waals surface area contributed by atoms with Crippen molar-refractivity contribution in [3.8, 4) is 16.9 Å². The smallest absolute Gasteiger partial charge is 0.416 e. The molecule has 0 aliphatic carbocycles. The van der Waals surface area contributed by atoms with E-state index in [0.29, 0.717) is 17.5 Å². The highest BCUT2D eigenvalue weighted by Gasteiger charge is 2.42. The monoisotopic (exact) mass is 529 g/mol. The van der Waals surface area contributed by atoms with Crippen LogP contribution in [0, 0.1) is 12.7 Å². The first-order valence-corrected chi connectivity index (χ1v) is 12.3. The van der Waals surface area contributed by atoms with Crippen molar-refractivity contribution in [1.29, 1.82) is 0 Å². The number of carbonyl (C=O) groups excluding carboxylic acids is 1. The molecule has 2 aliphatic rings. The second-order valence-corrected chi connectivity index (χ2v) is 9.60. The third-order valence-electron chi connectivity index (χ3n) is 7.12. The van der Waals surface area contributed by atoms with Gasteiger partial charge >= 0.3 is 12.3 Å². The lowest BCUT2D eigenvalue weighted by atomic mass is 9.96. The number of carbonyl (C=O) groups is 1. The van der Waals surface area contributed by atoms with Crippen molar-refractivity contribution in [1.82, 2.24) is 9.88 Å². The molecule has 6 nitrogen and oxygen atoms in total. The minimum Gasteiger partial charge on any atom is -0.496 e. The van der Waals surface area contributed by atoms with Crippen LogP contribution in [-0.2, 0) is 17.5 Å². The molecule has 2 atom stereocenters. The van der Waals surface area contributed by atoms with Crippen molar-refractivity contribution in [2.24, 2.45) is 0 Å². The highest BCUT2D eigenvalue weighted by molar-refractivity contribution is 5.78. The summed E-state index contributed by atoms with van der Waals surface area (Å²) in [4.78, 5) is 21.5. The molecule has 0 saturated carbocycles. The largest absolute Gasteiger partial charge is 0.496 e. The molecule has 1 aromatic heterocycles. The first-order valence-electron chi connectivity index (χ1n) is 12.3. The minimum absolute atomic E-state index is 0.0494. The van der Waals surface area contributed by atoms with Crippen LogP contribution < -0.4 is 9.64 Å². The Hall–Kier alpha value is -3.82. The van der Waals surface area contributed by atoms with Crippen LogP contribution >= 0.6 is 0 Å². The molecule has 0 radical (unpaired) electrons. The van der Waals surface area contributed by atoms with Crippen molar-refractivity contribution in [2.75, 3.05) is 25.1 Å².